The average Bonchev–Trinajstić information content (AvgIpc) is 3.00. The van der Waals surface area contributed by atoms with Crippen molar-refractivity contribution < 1.29 is 14.2 Å². The topological polar surface area (TPSA) is 56.4 Å². The molecule has 5 nitrogen and oxygen atoms in total. The lowest BCUT2D eigenvalue weighted by Gasteiger charge is -2.14. The Morgan fingerprint density at radius 3 is 2.24 bits per heavy atom. The van der Waals surface area contributed by atoms with Crippen LogP contribution in [0.15, 0.2) is 36.5 Å². The van der Waals surface area contributed by atoms with E-state index in [-0.39, 0.29) is 0 Å². The van der Waals surface area contributed by atoms with Gasteiger partial charge in [-0.1, -0.05) is 0 Å². The van der Waals surface area contributed by atoms with Crippen molar-refractivity contribution in [3.05, 3.63) is 36.5 Å². The zero-order valence-corrected chi connectivity index (χ0v) is 12.1. The van der Waals surface area contributed by atoms with Gasteiger partial charge in [-0.05, 0) is 30.3 Å². The number of hydrogen-bond acceptors (Lipinski definition) is 4. The van der Waals surface area contributed by atoms with Gasteiger partial charge in [-0.3, -0.25) is 0 Å². The van der Waals surface area contributed by atoms with Gasteiger partial charge >= 0.3 is 0 Å². The van der Waals surface area contributed by atoms with E-state index >= 15 is 0 Å². The Morgan fingerprint density at radius 1 is 0.905 bits per heavy atom. The highest BCUT2D eigenvalue weighted by atomic mass is 16.5. The van der Waals surface area contributed by atoms with E-state index < -0.39 is 0 Å². The van der Waals surface area contributed by atoms with Crippen LogP contribution in [0.5, 0.6) is 17.2 Å². The van der Waals surface area contributed by atoms with Gasteiger partial charge in [-0.2, -0.15) is 0 Å². The second-order valence-corrected chi connectivity index (χ2v) is 4.53. The maximum atomic E-state index is 5.37. The SMILES string of the molecule is COc1cc(-c2ccc3cc[nH]c3n2)cc(OC)c1OC. The molecule has 0 saturated carbocycles. The van der Waals surface area contributed by atoms with Crippen LogP contribution in [-0.2, 0) is 0 Å². The van der Waals surface area contributed by atoms with Crippen LogP contribution >= 0.6 is 0 Å². The van der Waals surface area contributed by atoms with E-state index in [1.54, 1.807) is 21.3 Å². The predicted molar refractivity (Wildman–Crippen MR) is 81.2 cm³/mol. The Balaban J connectivity index is 2.16. The van der Waals surface area contributed by atoms with Gasteiger partial charge in [0.05, 0.1) is 27.0 Å². The number of H-pyrrole nitrogens is 1. The number of aromatic amines is 1. The van der Waals surface area contributed by atoms with Gasteiger partial charge in [-0.25, -0.2) is 4.98 Å². The summed E-state index contributed by atoms with van der Waals surface area (Å²) in [7, 11) is 4.79. The standard InChI is InChI=1S/C16H16N2O3/c1-19-13-8-11(9-14(20-2)15(13)21-3)12-5-4-10-6-7-17-16(10)18-12/h4-9H,1-3H3,(H,17,18). The smallest absolute Gasteiger partial charge is 0.203 e. The lowest BCUT2D eigenvalue weighted by atomic mass is 10.1. The van der Waals surface area contributed by atoms with Gasteiger partial charge in [0.2, 0.25) is 5.75 Å². The van der Waals surface area contributed by atoms with Crippen LogP contribution in [0.25, 0.3) is 22.3 Å². The van der Waals surface area contributed by atoms with E-state index in [2.05, 4.69) is 9.97 Å². The molecule has 0 amide bonds. The second-order valence-electron chi connectivity index (χ2n) is 4.53. The Hall–Kier alpha value is -2.69. The lowest BCUT2D eigenvalue weighted by molar-refractivity contribution is 0.324. The van der Waals surface area contributed by atoms with Crippen molar-refractivity contribution in [2.75, 3.05) is 21.3 Å². The Bertz CT molecular complexity index is 755. The van der Waals surface area contributed by atoms with Crippen LogP contribution in [0, 0.1) is 0 Å². The summed E-state index contributed by atoms with van der Waals surface area (Å²) in [6.07, 6.45) is 1.87. The monoisotopic (exact) mass is 284 g/mol. The molecule has 0 fully saturated rings. The Kier molecular flexibility index (Phi) is 3.39. The third-order valence-electron chi connectivity index (χ3n) is 3.37. The largest absolute Gasteiger partial charge is 0.493 e. The fourth-order valence-electron chi connectivity index (χ4n) is 2.32. The van der Waals surface area contributed by atoms with Crippen molar-refractivity contribution in [1.29, 1.82) is 0 Å². The zero-order chi connectivity index (χ0) is 14.8. The van der Waals surface area contributed by atoms with Gasteiger partial charge in [-0.15, -0.1) is 0 Å². The first kappa shape index (κ1) is 13.3. The van der Waals surface area contributed by atoms with E-state index in [0.717, 1.165) is 22.3 Å². The van der Waals surface area contributed by atoms with Gasteiger partial charge in [0, 0.05) is 17.1 Å². The van der Waals surface area contributed by atoms with Crippen molar-refractivity contribution in [3.63, 3.8) is 0 Å². The Morgan fingerprint density at radius 2 is 1.62 bits per heavy atom. The number of fused-ring (bicyclic) bond motifs is 1. The van der Waals surface area contributed by atoms with Gasteiger partial charge in [0.25, 0.3) is 0 Å². The molecule has 0 radical (unpaired) electrons. The van der Waals surface area contributed by atoms with Gasteiger partial charge in [0.15, 0.2) is 11.5 Å². The molecule has 0 bridgehead atoms. The van der Waals surface area contributed by atoms with Crippen LogP contribution in [0.1, 0.15) is 0 Å². The summed E-state index contributed by atoms with van der Waals surface area (Å²) in [5.41, 5.74) is 2.59. The molecule has 0 saturated heterocycles. The van der Waals surface area contributed by atoms with E-state index in [1.807, 2.05) is 36.5 Å². The molecule has 0 spiro atoms. The minimum atomic E-state index is 0.574. The fourth-order valence-corrected chi connectivity index (χ4v) is 2.32. The number of benzene rings is 1. The van der Waals surface area contributed by atoms with Crippen LogP contribution in [0.3, 0.4) is 0 Å². The summed E-state index contributed by atoms with van der Waals surface area (Å²) < 4.78 is 16.1. The summed E-state index contributed by atoms with van der Waals surface area (Å²) in [6.45, 7) is 0. The molecule has 108 valence electrons. The summed E-state index contributed by atoms with van der Waals surface area (Å²) in [5, 5.41) is 1.08. The number of pyridine rings is 1. The van der Waals surface area contributed by atoms with Gasteiger partial charge < -0.3 is 19.2 Å². The van der Waals surface area contributed by atoms with E-state index in [9.17, 15) is 0 Å². The molecule has 0 unspecified atom stereocenters. The average molecular weight is 284 g/mol. The number of aromatic nitrogens is 2. The number of nitrogens with one attached hydrogen (secondary N) is 1. The highest BCUT2D eigenvalue weighted by Crippen LogP contribution is 2.40. The molecule has 0 aliphatic carbocycles. The Labute approximate surface area is 122 Å². The molecular weight excluding hydrogens is 268 g/mol. The zero-order valence-electron chi connectivity index (χ0n) is 12.1. The summed E-state index contributed by atoms with van der Waals surface area (Å²) >= 11 is 0. The number of methoxy groups -OCH3 is 3. The minimum absolute atomic E-state index is 0.574. The lowest BCUT2D eigenvalue weighted by Crippen LogP contribution is -1.96. The molecule has 0 aliphatic rings. The molecule has 3 aromatic rings. The van der Waals surface area contributed by atoms with Gasteiger partial charge in [0.1, 0.15) is 5.65 Å². The number of nitrogens with zero attached hydrogens (tertiary/aromatic N) is 1. The van der Waals surface area contributed by atoms with Crippen molar-refractivity contribution in [2.24, 2.45) is 0 Å². The molecule has 3 rings (SSSR count). The van der Waals surface area contributed by atoms with Crippen molar-refractivity contribution in [3.8, 4) is 28.5 Å². The molecule has 5 heteroatoms. The van der Waals surface area contributed by atoms with E-state index in [1.165, 1.54) is 0 Å². The second kappa shape index (κ2) is 5.36. The first-order valence-electron chi connectivity index (χ1n) is 6.51. The maximum absolute atomic E-state index is 5.37. The summed E-state index contributed by atoms with van der Waals surface area (Å²) in [6, 6.07) is 9.76. The van der Waals surface area contributed by atoms with Crippen LogP contribution in [0.2, 0.25) is 0 Å². The highest BCUT2D eigenvalue weighted by molar-refractivity contribution is 5.79. The normalized spacial score (nSPS) is 10.6. The van der Waals surface area contributed by atoms with Crippen LogP contribution in [0.4, 0.5) is 0 Å². The predicted octanol–water partition coefficient (Wildman–Crippen LogP) is 3.26. The number of hydrogen-bond donors (Lipinski definition) is 1. The molecule has 2 heterocycles. The van der Waals surface area contributed by atoms with Crippen LogP contribution < -0.4 is 14.2 Å². The van der Waals surface area contributed by atoms with Crippen molar-refractivity contribution in [2.45, 2.75) is 0 Å². The van der Waals surface area contributed by atoms with Crippen molar-refractivity contribution in [1.82, 2.24) is 9.97 Å². The van der Waals surface area contributed by atoms with E-state index in [0.29, 0.717) is 17.2 Å². The number of ether oxygens (including phenoxy) is 3. The molecular formula is C16H16N2O3. The summed E-state index contributed by atoms with van der Waals surface area (Å²) in [5.74, 6) is 1.80. The third kappa shape index (κ3) is 2.27. The van der Waals surface area contributed by atoms with Crippen molar-refractivity contribution >= 4 is 11.0 Å². The molecule has 2 aromatic heterocycles. The molecule has 21 heavy (non-hydrogen) atoms. The quantitative estimate of drug-likeness (QED) is 0.799. The molecule has 0 atom stereocenters. The molecule has 0 aliphatic heterocycles. The summed E-state index contributed by atoms with van der Waals surface area (Å²) in [4.78, 5) is 7.72. The fraction of sp³-hybridized carbons (Fsp3) is 0.188. The molecule has 1 aromatic carbocycles. The van der Waals surface area contributed by atoms with E-state index in [4.69, 9.17) is 14.2 Å². The first-order valence-corrected chi connectivity index (χ1v) is 6.51. The minimum Gasteiger partial charge on any atom is -0.493 e. The number of rotatable bonds is 4. The third-order valence-corrected chi connectivity index (χ3v) is 3.37. The molecule has 1 N–H and O–H groups in total. The first-order chi connectivity index (χ1) is 10.3. The highest BCUT2D eigenvalue weighted by Gasteiger charge is 2.14. The maximum Gasteiger partial charge on any atom is 0.203 e. The van der Waals surface area contributed by atoms with Crippen LogP contribution in [-0.4, -0.2) is 31.3 Å².